The number of hydrogen-bond donors (Lipinski definition) is 4. The molecule has 1 saturated heterocycles. The highest BCUT2D eigenvalue weighted by Gasteiger charge is 2.47. The fourth-order valence-electron chi connectivity index (χ4n) is 5.71. The summed E-state index contributed by atoms with van der Waals surface area (Å²) in [6.07, 6.45) is 33.9. The third-order valence-corrected chi connectivity index (χ3v) is 9.04. The topological polar surface area (TPSA) is 169 Å². The van der Waals surface area contributed by atoms with Crippen LogP contribution in [0.2, 0.25) is 0 Å². The molecule has 0 amide bonds. The predicted molar refractivity (Wildman–Crippen MR) is 220 cm³/mol. The average molecular weight is 789 g/mol. The molecule has 0 spiro atoms. The number of carbonyl (C=O) groups excluding carboxylic acids is 2. The van der Waals surface area contributed by atoms with Gasteiger partial charge in [0.2, 0.25) is 0 Å². The molecule has 1 aliphatic heterocycles. The van der Waals surface area contributed by atoms with Gasteiger partial charge < -0.3 is 39.4 Å². The Morgan fingerprint density at radius 2 is 1.05 bits per heavy atom. The number of carboxylic acid groups (broad SMARTS) is 1. The quantitative estimate of drug-likeness (QED) is 0.0286. The van der Waals surface area contributed by atoms with Gasteiger partial charge in [-0.1, -0.05) is 125 Å². The molecule has 1 fully saturated rings. The Kier molecular flexibility index (Phi) is 31.5. The fourth-order valence-corrected chi connectivity index (χ4v) is 5.71. The van der Waals surface area contributed by atoms with Crippen LogP contribution in [0.4, 0.5) is 0 Å². The number of allylic oxidation sites excluding steroid dienone is 12. The number of aliphatic carboxylic acids is 1. The van der Waals surface area contributed by atoms with Gasteiger partial charge in [0.15, 0.2) is 18.5 Å². The molecule has 318 valence electrons. The fraction of sp³-hybridized carbons (Fsp3) is 0.667. The van der Waals surface area contributed by atoms with E-state index in [0.717, 1.165) is 89.9 Å². The Bertz CT molecular complexity index is 1200. The molecule has 0 aromatic rings. The van der Waals surface area contributed by atoms with Crippen LogP contribution in [0.15, 0.2) is 72.9 Å². The Morgan fingerprint density at radius 1 is 0.571 bits per heavy atom. The van der Waals surface area contributed by atoms with E-state index in [4.69, 9.17) is 18.9 Å². The van der Waals surface area contributed by atoms with Crippen molar-refractivity contribution >= 4 is 17.9 Å². The first-order valence-electron chi connectivity index (χ1n) is 21.0. The summed E-state index contributed by atoms with van der Waals surface area (Å²) in [5.41, 5.74) is 0. The molecule has 4 N–H and O–H groups in total. The van der Waals surface area contributed by atoms with Gasteiger partial charge in [-0.2, -0.15) is 0 Å². The standard InChI is InChI=1S/C45H72O11/c1-3-5-7-9-11-13-15-16-17-18-19-20-21-22-24-25-27-29-31-33-38(46)53-35-37(36-54-45-42(50)40(48)41(49)43(56-45)44(51)52)55-39(47)34-32-30-28-26-23-14-12-10-8-6-4-2/h5,7,10-13,16-17,19-20,22,24,37,40-43,45,48-50H,3-4,6,8-9,14-15,18,21,23,25-36H2,1-2H3,(H,51,52)/b7-5-,12-10-,13-11-,17-16-,20-19-,24-22-. The molecule has 56 heavy (non-hydrogen) atoms. The number of ether oxygens (including phenoxy) is 4. The van der Waals surface area contributed by atoms with E-state index in [2.05, 4.69) is 86.8 Å². The predicted octanol–water partition coefficient (Wildman–Crippen LogP) is 8.53. The third-order valence-electron chi connectivity index (χ3n) is 9.04. The Labute approximate surface area is 336 Å². The molecular weight excluding hydrogens is 716 g/mol. The van der Waals surface area contributed by atoms with Crippen molar-refractivity contribution in [1.29, 1.82) is 0 Å². The molecule has 0 aromatic heterocycles. The lowest BCUT2D eigenvalue weighted by atomic mass is 9.99. The lowest BCUT2D eigenvalue weighted by Gasteiger charge is -2.38. The van der Waals surface area contributed by atoms with Gasteiger partial charge in [0, 0.05) is 12.8 Å². The normalized spacial score (nSPS) is 21.1. The first kappa shape index (κ1) is 50.7. The van der Waals surface area contributed by atoms with Crippen LogP contribution in [-0.2, 0) is 33.3 Å². The van der Waals surface area contributed by atoms with Crippen LogP contribution >= 0.6 is 0 Å². The van der Waals surface area contributed by atoms with Crippen molar-refractivity contribution in [3.05, 3.63) is 72.9 Å². The smallest absolute Gasteiger partial charge is 0.335 e. The molecule has 6 unspecified atom stereocenters. The summed E-state index contributed by atoms with van der Waals surface area (Å²) >= 11 is 0. The lowest BCUT2D eigenvalue weighted by Crippen LogP contribution is -2.60. The number of aliphatic hydroxyl groups is 3. The van der Waals surface area contributed by atoms with Gasteiger partial charge in [0.25, 0.3) is 0 Å². The molecule has 1 aliphatic rings. The maximum atomic E-state index is 12.7. The van der Waals surface area contributed by atoms with E-state index in [1.54, 1.807) is 0 Å². The van der Waals surface area contributed by atoms with E-state index in [-0.39, 0.29) is 19.4 Å². The Morgan fingerprint density at radius 3 is 1.62 bits per heavy atom. The van der Waals surface area contributed by atoms with Crippen molar-refractivity contribution in [3.8, 4) is 0 Å². The molecule has 0 radical (unpaired) electrons. The molecule has 11 heteroatoms. The second-order valence-corrected chi connectivity index (χ2v) is 14.1. The van der Waals surface area contributed by atoms with E-state index in [0.29, 0.717) is 12.8 Å². The number of carboxylic acids is 1. The number of unbranched alkanes of at least 4 members (excludes halogenated alkanes) is 10. The molecule has 0 bridgehead atoms. The molecule has 1 heterocycles. The number of rotatable bonds is 33. The summed E-state index contributed by atoms with van der Waals surface area (Å²) in [6.45, 7) is 3.59. The highest BCUT2D eigenvalue weighted by molar-refractivity contribution is 5.73. The summed E-state index contributed by atoms with van der Waals surface area (Å²) in [4.78, 5) is 36.7. The van der Waals surface area contributed by atoms with Crippen molar-refractivity contribution in [2.45, 2.75) is 179 Å². The van der Waals surface area contributed by atoms with E-state index < -0.39 is 61.3 Å². The number of esters is 2. The molecule has 0 aromatic carbocycles. The zero-order valence-electron chi connectivity index (χ0n) is 34.1. The second kappa shape index (κ2) is 34.9. The van der Waals surface area contributed by atoms with Crippen molar-refractivity contribution < 1.29 is 53.8 Å². The monoisotopic (exact) mass is 789 g/mol. The minimum Gasteiger partial charge on any atom is -0.479 e. The largest absolute Gasteiger partial charge is 0.479 e. The van der Waals surface area contributed by atoms with Crippen molar-refractivity contribution in [2.75, 3.05) is 13.2 Å². The maximum Gasteiger partial charge on any atom is 0.335 e. The van der Waals surface area contributed by atoms with Crippen LogP contribution in [0.5, 0.6) is 0 Å². The van der Waals surface area contributed by atoms with Crippen LogP contribution in [0.3, 0.4) is 0 Å². The summed E-state index contributed by atoms with van der Waals surface area (Å²) in [5.74, 6) is -2.51. The minimum atomic E-state index is -1.87. The van der Waals surface area contributed by atoms with Gasteiger partial charge in [-0.3, -0.25) is 9.59 Å². The molecule has 1 rings (SSSR count). The Balaban J connectivity index is 2.42. The van der Waals surface area contributed by atoms with E-state index in [9.17, 15) is 34.8 Å². The first-order chi connectivity index (χ1) is 27.2. The second-order valence-electron chi connectivity index (χ2n) is 14.1. The first-order valence-corrected chi connectivity index (χ1v) is 21.0. The summed E-state index contributed by atoms with van der Waals surface area (Å²) < 4.78 is 21.6. The maximum absolute atomic E-state index is 12.7. The van der Waals surface area contributed by atoms with Crippen molar-refractivity contribution in [2.24, 2.45) is 0 Å². The molecule has 0 aliphatic carbocycles. The van der Waals surface area contributed by atoms with Gasteiger partial charge in [-0.25, -0.2) is 4.79 Å². The highest BCUT2D eigenvalue weighted by atomic mass is 16.7. The average Bonchev–Trinajstić information content (AvgIpc) is 3.18. The van der Waals surface area contributed by atoms with Crippen LogP contribution in [0, 0.1) is 0 Å². The van der Waals surface area contributed by atoms with Crippen molar-refractivity contribution in [1.82, 2.24) is 0 Å². The molecular formula is C45H72O11. The Hall–Kier alpha value is -3.35. The molecule has 11 nitrogen and oxygen atoms in total. The van der Waals surface area contributed by atoms with Crippen molar-refractivity contribution in [3.63, 3.8) is 0 Å². The van der Waals surface area contributed by atoms with Crippen LogP contribution in [0.1, 0.15) is 142 Å². The van der Waals surface area contributed by atoms with Crippen LogP contribution in [0.25, 0.3) is 0 Å². The van der Waals surface area contributed by atoms with E-state index in [1.807, 2.05) is 0 Å². The van der Waals surface area contributed by atoms with E-state index >= 15 is 0 Å². The highest BCUT2D eigenvalue weighted by Crippen LogP contribution is 2.23. The SMILES string of the molecule is CC/C=C\C/C=C\C/C=C\C/C=C\C/C=C\CCCCCC(=O)OCC(COC1OC(C(=O)O)C(O)C(O)C1O)OC(=O)CCCCCCC/C=C\CCCC. The minimum absolute atomic E-state index is 0.161. The van der Waals surface area contributed by atoms with Gasteiger partial charge in [-0.15, -0.1) is 0 Å². The van der Waals surface area contributed by atoms with Gasteiger partial charge >= 0.3 is 17.9 Å². The number of aliphatic hydroxyl groups excluding tert-OH is 3. The third kappa shape index (κ3) is 26.5. The van der Waals surface area contributed by atoms with Gasteiger partial charge in [0.1, 0.15) is 24.9 Å². The number of carbonyl (C=O) groups is 3. The molecule has 0 saturated carbocycles. The summed E-state index contributed by atoms with van der Waals surface area (Å²) in [5, 5.41) is 39.7. The van der Waals surface area contributed by atoms with Crippen LogP contribution in [-0.4, -0.2) is 88.4 Å². The summed E-state index contributed by atoms with van der Waals surface area (Å²) in [7, 11) is 0. The number of hydrogen-bond acceptors (Lipinski definition) is 10. The lowest BCUT2D eigenvalue weighted by molar-refractivity contribution is -0.298. The van der Waals surface area contributed by atoms with E-state index in [1.165, 1.54) is 12.8 Å². The van der Waals surface area contributed by atoms with Gasteiger partial charge in [-0.05, 0) is 77.0 Å². The van der Waals surface area contributed by atoms with Crippen LogP contribution < -0.4 is 0 Å². The molecule has 6 atom stereocenters. The zero-order chi connectivity index (χ0) is 41.1. The zero-order valence-corrected chi connectivity index (χ0v) is 34.1. The summed E-state index contributed by atoms with van der Waals surface area (Å²) in [6, 6.07) is 0. The van der Waals surface area contributed by atoms with Gasteiger partial charge in [0.05, 0.1) is 6.61 Å².